The minimum absolute atomic E-state index is 0. The maximum Gasteiger partial charge on any atom is 0.243 e. The van der Waals surface area contributed by atoms with E-state index >= 15 is 0 Å². The summed E-state index contributed by atoms with van der Waals surface area (Å²) in [4.78, 5) is 0.185. The molecule has 34 heavy (non-hydrogen) atoms. The van der Waals surface area contributed by atoms with Crippen molar-refractivity contribution in [1.82, 2.24) is 4.31 Å². The second-order valence-electron chi connectivity index (χ2n) is 8.66. The Labute approximate surface area is 207 Å². The molecule has 2 aliphatic heterocycles. The smallest absolute Gasteiger partial charge is 0.243 e. The van der Waals surface area contributed by atoms with Crippen LogP contribution in [0.5, 0.6) is 17.2 Å². The molecule has 0 amide bonds. The van der Waals surface area contributed by atoms with Crippen molar-refractivity contribution in [3.05, 3.63) is 47.0 Å². The molecule has 10 heteroatoms. The van der Waals surface area contributed by atoms with Gasteiger partial charge in [-0.3, -0.25) is 0 Å². The summed E-state index contributed by atoms with van der Waals surface area (Å²) in [5, 5.41) is 10.6. The minimum Gasteiger partial charge on any atom is -0.507 e. The zero-order valence-electron chi connectivity index (χ0n) is 19.7. The molecule has 2 aromatic carbocycles. The van der Waals surface area contributed by atoms with Gasteiger partial charge in [0.2, 0.25) is 10.0 Å². The number of halogens is 1. The Morgan fingerprint density at radius 2 is 1.79 bits per heavy atom. The fourth-order valence-corrected chi connectivity index (χ4v) is 6.38. The number of methoxy groups -OCH3 is 2. The molecule has 8 nitrogen and oxygen atoms in total. The van der Waals surface area contributed by atoms with Crippen LogP contribution >= 0.6 is 12.4 Å². The molecular formula is C24H33ClN2O6S. The maximum absolute atomic E-state index is 13.2. The summed E-state index contributed by atoms with van der Waals surface area (Å²) in [5.41, 5.74) is 8.66. The number of hydrogen-bond acceptors (Lipinski definition) is 7. The summed E-state index contributed by atoms with van der Waals surface area (Å²) >= 11 is 0. The molecule has 0 bridgehead atoms. The van der Waals surface area contributed by atoms with Gasteiger partial charge in [0.05, 0.1) is 31.3 Å². The number of aromatic hydroxyl groups is 1. The van der Waals surface area contributed by atoms with E-state index in [9.17, 15) is 13.5 Å². The molecule has 3 N–H and O–H groups in total. The summed E-state index contributed by atoms with van der Waals surface area (Å²) in [6, 6.07) is 8.51. The third-order valence-corrected chi connectivity index (χ3v) is 8.74. The highest BCUT2D eigenvalue weighted by molar-refractivity contribution is 7.89. The van der Waals surface area contributed by atoms with Gasteiger partial charge < -0.3 is 25.1 Å². The molecule has 0 aliphatic carbocycles. The van der Waals surface area contributed by atoms with E-state index in [1.807, 2.05) is 19.1 Å². The quantitative estimate of drug-likeness (QED) is 0.611. The van der Waals surface area contributed by atoms with Gasteiger partial charge in [-0.05, 0) is 48.9 Å². The summed E-state index contributed by atoms with van der Waals surface area (Å²) in [5.74, 6) is 1.36. The molecule has 1 saturated heterocycles. The van der Waals surface area contributed by atoms with E-state index < -0.39 is 10.0 Å². The highest BCUT2D eigenvalue weighted by Crippen LogP contribution is 2.41. The highest BCUT2D eigenvalue weighted by Gasteiger charge is 2.37. The number of nitrogens with zero attached hydrogens (tertiary/aromatic N) is 1. The zero-order chi connectivity index (χ0) is 23.8. The van der Waals surface area contributed by atoms with Crippen molar-refractivity contribution >= 4 is 22.4 Å². The first-order chi connectivity index (χ1) is 15.8. The van der Waals surface area contributed by atoms with E-state index in [-0.39, 0.29) is 35.4 Å². The Bertz CT molecular complexity index is 1120. The van der Waals surface area contributed by atoms with Gasteiger partial charge in [-0.15, -0.1) is 12.4 Å². The van der Waals surface area contributed by atoms with Gasteiger partial charge in [0.1, 0.15) is 5.75 Å². The van der Waals surface area contributed by atoms with Crippen LogP contribution in [0.2, 0.25) is 0 Å². The van der Waals surface area contributed by atoms with Crippen molar-refractivity contribution in [2.45, 2.75) is 43.3 Å². The topological polar surface area (TPSA) is 111 Å². The monoisotopic (exact) mass is 512 g/mol. The van der Waals surface area contributed by atoms with Gasteiger partial charge in [0, 0.05) is 37.7 Å². The average Bonchev–Trinajstić information content (AvgIpc) is 2.85. The number of nitrogens with two attached hydrogens (primary N) is 1. The molecule has 0 aromatic heterocycles. The number of ether oxygens (including phenoxy) is 3. The lowest BCUT2D eigenvalue weighted by molar-refractivity contribution is -0.0612. The average molecular weight is 513 g/mol. The minimum atomic E-state index is -3.65. The second kappa shape index (κ2) is 10.7. The van der Waals surface area contributed by atoms with Crippen LogP contribution in [0.3, 0.4) is 0 Å². The molecule has 0 saturated carbocycles. The Morgan fingerprint density at radius 3 is 2.41 bits per heavy atom. The molecule has 0 radical (unpaired) electrons. The van der Waals surface area contributed by atoms with Crippen LogP contribution in [0, 0.1) is 12.8 Å². The van der Waals surface area contributed by atoms with Crippen molar-refractivity contribution in [3.63, 3.8) is 0 Å². The number of piperidine rings is 1. The second-order valence-corrected chi connectivity index (χ2v) is 10.6. The predicted octanol–water partition coefficient (Wildman–Crippen LogP) is 3.18. The van der Waals surface area contributed by atoms with E-state index in [4.69, 9.17) is 19.9 Å². The van der Waals surface area contributed by atoms with Crippen LogP contribution in [0.15, 0.2) is 35.2 Å². The third kappa shape index (κ3) is 4.85. The van der Waals surface area contributed by atoms with Crippen LogP contribution in [-0.4, -0.2) is 57.8 Å². The van der Waals surface area contributed by atoms with Crippen LogP contribution in [0.1, 0.15) is 35.6 Å². The van der Waals surface area contributed by atoms with Gasteiger partial charge in [-0.25, -0.2) is 8.42 Å². The summed E-state index contributed by atoms with van der Waals surface area (Å²) in [7, 11) is -0.658. The lowest BCUT2D eigenvalue weighted by atomic mass is 9.83. The molecule has 0 spiro atoms. The van der Waals surface area contributed by atoms with Crippen molar-refractivity contribution in [1.29, 1.82) is 0 Å². The normalized spacial score (nSPS) is 21.4. The first-order valence-corrected chi connectivity index (χ1v) is 12.6. The third-order valence-electron chi connectivity index (χ3n) is 6.84. The Morgan fingerprint density at radius 1 is 1.12 bits per heavy atom. The maximum atomic E-state index is 13.2. The Kier molecular flexibility index (Phi) is 8.36. The molecule has 2 aliphatic rings. The van der Waals surface area contributed by atoms with Gasteiger partial charge in [-0.1, -0.05) is 12.1 Å². The molecule has 2 aromatic rings. The Hall–Kier alpha value is -2.04. The van der Waals surface area contributed by atoms with Crippen molar-refractivity contribution in [2.75, 3.05) is 33.9 Å². The molecular weight excluding hydrogens is 480 g/mol. The molecule has 2 atom stereocenters. The van der Waals surface area contributed by atoms with Crippen LogP contribution in [0.25, 0.3) is 0 Å². The Balaban J connectivity index is 0.00000324. The van der Waals surface area contributed by atoms with Gasteiger partial charge in [0.25, 0.3) is 0 Å². The molecule has 188 valence electrons. The molecule has 2 heterocycles. The van der Waals surface area contributed by atoms with Gasteiger partial charge in [0.15, 0.2) is 11.5 Å². The van der Waals surface area contributed by atoms with E-state index in [0.717, 1.165) is 16.7 Å². The predicted molar refractivity (Wildman–Crippen MR) is 131 cm³/mol. The van der Waals surface area contributed by atoms with Gasteiger partial charge >= 0.3 is 0 Å². The van der Waals surface area contributed by atoms with E-state index in [2.05, 4.69) is 0 Å². The first kappa shape index (κ1) is 26.6. The fraction of sp³-hybridized carbons (Fsp3) is 0.500. The number of hydrogen-bond donors (Lipinski definition) is 2. The van der Waals surface area contributed by atoms with Crippen molar-refractivity contribution in [3.8, 4) is 17.2 Å². The molecule has 0 unspecified atom stereocenters. The van der Waals surface area contributed by atoms with Crippen molar-refractivity contribution in [2.24, 2.45) is 11.7 Å². The molecule has 1 fully saturated rings. The standard InChI is InChI=1S/C24H32N2O6S.ClH/c1-15-4-6-18-19(24(15)27)13-21(32-23(18)14-25)16-8-10-26(11-9-16)33(28,29)17-5-7-20(30-2)22(12-17)31-3;/h4-7,12,16,21,23,27H,8-11,13-14,25H2,1-3H3;1H/t21-,23-;/m0./s1. The number of fused-ring (bicyclic) bond motifs is 1. The van der Waals surface area contributed by atoms with E-state index in [1.165, 1.54) is 24.6 Å². The first-order valence-electron chi connectivity index (χ1n) is 11.2. The lowest BCUT2D eigenvalue weighted by Crippen LogP contribution is -2.44. The SMILES string of the molecule is COc1ccc(S(=O)(=O)N2CCC([C@@H]3Cc4c(ccc(C)c4O)[C@H](CN)O3)CC2)cc1OC.Cl. The van der Waals surface area contributed by atoms with Gasteiger partial charge in [-0.2, -0.15) is 4.31 Å². The molecule has 4 rings (SSSR count). The van der Waals surface area contributed by atoms with Crippen LogP contribution in [-0.2, 0) is 21.2 Å². The summed E-state index contributed by atoms with van der Waals surface area (Å²) < 4.78 is 44.8. The highest BCUT2D eigenvalue weighted by atomic mass is 35.5. The number of phenols is 1. The largest absolute Gasteiger partial charge is 0.507 e. The lowest BCUT2D eigenvalue weighted by Gasteiger charge is -2.40. The number of aryl methyl sites for hydroxylation is 1. The number of benzene rings is 2. The fourth-order valence-electron chi connectivity index (χ4n) is 4.89. The number of phenolic OH excluding ortho intramolecular Hbond substituents is 1. The van der Waals surface area contributed by atoms with Crippen LogP contribution < -0.4 is 15.2 Å². The summed E-state index contributed by atoms with van der Waals surface area (Å²) in [6.45, 7) is 3.02. The van der Waals surface area contributed by atoms with E-state index in [0.29, 0.717) is 56.1 Å². The zero-order valence-corrected chi connectivity index (χ0v) is 21.3. The van der Waals surface area contributed by atoms with E-state index in [1.54, 1.807) is 12.1 Å². The summed E-state index contributed by atoms with van der Waals surface area (Å²) in [6.07, 6.45) is 1.59. The number of sulfonamides is 1. The number of rotatable bonds is 6. The van der Waals surface area contributed by atoms with Crippen molar-refractivity contribution < 1.29 is 27.7 Å². The van der Waals surface area contributed by atoms with Crippen LogP contribution in [0.4, 0.5) is 0 Å².